The van der Waals surface area contributed by atoms with Crippen LogP contribution < -0.4 is 14.8 Å². The Morgan fingerprint density at radius 1 is 0.931 bits per heavy atom. The van der Waals surface area contributed by atoms with Crippen molar-refractivity contribution in [3.63, 3.8) is 0 Å². The highest BCUT2D eigenvalue weighted by Gasteiger charge is 2.20. The fourth-order valence-electron chi connectivity index (χ4n) is 2.53. The van der Waals surface area contributed by atoms with Crippen LogP contribution in [0.15, 0.2) is 71.6 Å². The number of anilines is 2. The summed E-state index contributed by atoms with van der Waals surface area (Å²) in [5, 5.41) is 2.83. The quantitative estimate of drug-likeness (QED) is 0.549. The Balaban J connectivity index is 1.76. The van der Waals surface area contributed by atoms with Crippen LogP contribution in [0.2, 0.25) is 10.0 Å². The Bertz CT molecular complexity index is 1150. The van der Waals surface area contributed by atoms with Crippen LogP contribution in [-0.4, -0.2) is 21.4 Å². The molecule has 3 aromatic carbocycles. The van der Waals surface area contributed by atoms with Crippen molar-refractivity contribution in [2.24, 2.45) is 0 Å². The monoisotopic (exact) mass is 450 g/mol. The number of para-hydroxylation sites is 2. The summed E-state index contributed by atoms with van der Waals surface area (Å²) in [7, 11) is -2.43. The standard InChI is InChI=1S/C20H16Cl2N2O4S/c1-28-17-7-3-2-6-16(17)23-20(25)13-9-11-14(12-10-13)24-29(26,27)18-8-4-5-15(21)19(18)22/h2-12,24H,1H3,(H,23,25). The number of ether oxygens (including phenoxy) is 1. The van der Waals surface area contributed by atoms with E-state index in [0.717, 1.165) is 0 Å². The number of benzene rings is 3. The van der Waals surface area contributed by atoms with Crippen LogP contribution in [0.1, 0.15) is 10.4 Å². The van der Waals surface area contributed by atoms with Crippen molar-refractivity contribution >= 4 is 50.5 Å². The van der Waals surface area contributed by atoms with Gasteiger partial charge in [0.1, 0.15) is 10.6 Å². The van der Waals surface area contributed by atoms with Gasteiger partial charge in [-0.3, -0.25) is 9.52 Å². The van der Waals surface area contributed by atoms with E-state index in [4.69, 9.17) is 27.9 Å². The van der Waals surface area contributed by atoms with E-state index in [0.29, 0.717) is 17.0 Å². The SMILES string of the molecule is COc1ccccc1NC(=O)c1ccc(NS(=O)(=O)c2cccc(Cl)c2Cl)cc1. The lowest BCUT2D eigenvalue weighted by atomic mass is 10.2. The van der Waals surface area contributed by atoms with E-state index in [1.165, 1.54) is 49.6 Å². The van der Waals surface area contributed by atoms with E-state index in [2.05, 4.69) is 10.0 Å². The topological polar surface area (TPSA) is 84.5 Å². The van der Waals surface area contributed by atoms with E-state index in [-0.39, 0.29) is 26.5 Å². The van der Waals surface area contributed by atoms with Crippen LogP contribution in [0.4, 0.5) is 11.4 Å². The van der Waals surface area contributed by atoms with Crippen molar-refractivity contribution in [3.8, 4) is 5.75 Å². The molecular formula is C20H16Cl2N2O4S. The number of rotatable bonds is 6. The second-order valence-corrected chi connectivity index (χ2v) is 8.33. The van der Waals surface area contributed by atoms with Crippen molar-refractivity contribution in [2.75, 3.05) is 17.1 Å². The molecule has 0 bridgehead atoms. The summed E-state index contributed by atoms with van der Waals surface area (Å²) in [5.74, 6) is 0.172. The number of nitrogens with one attached hydrogen (secondary N) is 2. The van der Waals surface area contributed by atoms with Crippen molar-refractivity contribution in [1.29, 1.82) is 0 Å². The Morgan fingerprint density at radius 3 is 2.31 bits per heavy atom. The molecule has 29 heavy (non-hydrogen) atoms. The molecule has 0 heterocycles. The normalized spacial score (nSPS) is 11.0. The first kappa shape index (κ1) is 21.0. The number of methoxy groups -OCH3 is 1. The van der Waals surface area contributed by atoms with Crippen molar-refractivity contribution in [3.05, 3.63) is 82.3 Å². The Morgan fingerprint density at radius 2 is 1.62 bits per heavy atom. The molecule has 0 saturated heterocycles. The van der Waals surface area contributed by atoms with Gasteiger partial charge in [-0.05, 0) is 48.5 Å². The molecule has 1 amide bonds. The minimum absolute atomic E-state index is 0.0607. The van der Waals surface area contributed by atoms with Crippen LogP contribution >= 0.6 is 23.2 Å². The van der Waals surface area contributed by atoms with Crippen molar-refractivity contribution < 1.29 is 17.9 Å². The Labute approximate surface area is 178 Å². The van der Waals surface area contributed by atoms with Crippen LogP contribution in [0.5, 0.6) is 5.75 Å². The fraction of sp³-hybridized carbons (Fsp3) is 0.0500. The predicted molar refractivity (Wildman–Crippen MR) is 115 cm³/mol. The molecule has 0 aromatic heterocycles. The van der Waals surface area contributed by atoms with Gasteiger partial charge in [0.05, 0.1) is 22.8 Å². The van der Waals surface area contributed by atoms with Gasteiger partial charge in [-0.2, -0.15) is 0 Å². The van der Waals surface area contributed by atoms with Gasteiger partial charge in [0.2, 0.25) is 0 Å². The van der Waals surface area contributed by atoms with Gasteiger partial charge >= 0.3 is 0 Å². The molecule has 0 atom stereocenters. The maximum atomic E-state index is 12.6. The lowest BCUT2D eigenvalue weighted by molar-refractivity contribution is 0.102. The lowest BCUT2D eigenvalue weighted by Gasteiger charge is -2.12. The van der Waals surface area contributed by atoms with Gasteiger partial charge in [0.25, 0.3) is 15.9 Å². The maximum absolute atomic E-state index is 12.6. The summed E-state index contributed by atoms with van der Waals surface area (Å²) >= 11 is 11.9. The maximum Gasteiger partial charge on any atom is 0.263 e. The smallest absolute Gasteiger partial charge is 0.263 e. The molecule has 0 aliphatic rings. The number of halogens is 2. The molecule has 3 aromatic rings. The minimum atomic E-state index is -3.94. The average molecular weight is 451 g/mol. The first-order valence-electron chi connectivity index (χ1n) is 8.33. The third kappa shape index (κ3) is 4.82. The zero-order chi connectivity index (χ0) is 21.0. The molecule has 150 valence electrons. The van der Waals surface area contributed by atoms with E-state index < -0.39 is 10.0 Å². The van der Waals surface area contributed by atoms with Crippen molar-refractivity contribution in [2.45, 2.75) is 4.90 Å². The van der Waals surface area contributed by atoms with E-state index >= 15 is 0 Å². The molecule has 2 N–H and O–H groups in total. The third-order valence-corrected chi connectivity index (χ3v) is 6.31. The highest BCUT2D eigenvalue weighted by Crippen LogP contribution is 2.30. The van der Waals surface area contributed by atoms with Crippen LogP contribution in [0.3, 0.4) is 0 Å². The Hall–Kier alpha value is -2.74. The molecule has 0 saturated carbocycles. The molecule has 3 rings (SSSR count). The van der Waals surface area contributed by atoms with E-state index in [9.17, 15) is 13.2 Å². The Kier molecular flexibility index (Phi) is 6.32. The largest absolute Gasteiger partial charge is 0.495 e. The van der Waals surface area contributed by atoms with Gasteiger partial charge in [-0.25, -0.2) is 8.42 Å². The summed E-state index contributed by atoms with van der Waals surface area (Å²) in [4.78, 5) is 12.3. The highest BCUT2D eigenvalue weighted by molar-refractivity contribution is 7.92. The molecule has 6 nitrogen and oxygen atoms in total. The summed E-state index contributed by atoms with van der Waals surface area (Å²) < 4.78 is 32.7. The molecule has 0 unspecified atom stereocenters. The zero-order valence-electron chi connectivity index (χ0n) is 15.1. The molecule has 0 aliphatic heterocycles. The number of carbonyl (C=O) groups is 1. The summed E-state index contributed by atoms with van der Waals surface area (Å²) in [6, 6.07) is 17.3. The summed E-state index contributed by atoms with van der Waals surface area (Å²) in [6.07, 6.45) is 0. The van der Waals surface area contributed by atoms with Gasteiger partial charge in [0.15, 0.2) is 0 Å². The first-order valence-corrected chi connectivity index (χ1v) is 10.6. The average Bonchev–Trinajstić information content (AvgIpc) is 2.70. The highest BCUT2D eigenvalue weighted by atomic mass is 35.5. The van der Waals surface area contributed by atoms with Crippen LogP contribution in [0, 0.1) is 0 Å². The fourth-order valence-corrected chi connectivity index (χ4v) is 4.35. The summed E-state index contributed by atoms with van der Waals surface area (Å²) in [5.41, 5.74) is 1.15. The molecule has 0 fully saturated rings. The van der Waals surface area contributed by atoms with E-state index in [1.54, 1.807) is 24.3 Å². The van der Waals surface area contributed by atoms with Crippen LogP contribution in [-0.2, 0) is 10.0 Å². The molecule has 0 spiro atoms. The van der Waals surface area contributed by atoms with Gasteiger partial charge in [-0.15, -0.1) is 0 Å². The number of hydrogen-bond donors (Lipinski definition) is 2. The number of sulfonamides is 1. The van der Waals surface area contributed by atoms with Crippen LogP contribution in [0.25, 0.3) is 0 Å². The summed E-state index contributed by atoms with van der Waals surface area (Å²) in [6.45, 7) is 0. The minimum Gasteiger partial charge on any atom is -0.495 e. The number of amides is 1. The van der Waals surface area contributed by atoms with Gasteiger partial charge in [-0.1, -0.05) is 41.4 Å². The number of carbonyl (C=O) groups excluding carboxylic acids is 1. The molecular weight excluding hydrogens is 435 g/mol. The van der Waals surface area contributed by atoms with E-state index in [1.807, 2.05) is 0 Å². The second kappa shape index (κ2) is 8.73. The predicted octanol–water partition coefficient (Wildman–Crippen LogP) is 5.06. The second-order valence-electron chi connectivity index (χ2n) is 5.89. The van der Waals surface area contributed by atoms with Gasteiger partial charge < -0.3 is 10.1 Å². The molecule has 0 aliphatic carbocycles. The molecule has 9 heteroatoms. The van der Waals surface area contributed by atoms with Crippen molar-refractivity contribution in [1.82, 2.24) is 0 Å². The first-order chi connectivity index (χ1) is 13.8. The lowest BCUT2D eigenvalue weighted by Crippen LogP contribution is -2.15. The van der Waals surface area contributed by atoms with Gasteiger partial charge in [0, 0.05) is 11.3 Å². The molecule has 0 radical (unpaired) electrons. The number of hydrogen-bond acceptors (Lipinski definition) is 4. The zero-order valence-corrected chi connectivity index (χ0v) is 17.5. The third-order valence-electron chi connectivity index (χ3n) is 3.96.